The minimum absolute atomic E-state index is 0.240. The Labute approximate surface area is 258 Å². The van der Waals surface area contributed by atoms with E-state index in [2.05, 4.69) is 87.8 Å². The van der Waals surface area contributed by atoms with Gasteiger partial charge in [-0.25, -0.2) is 8.13 Å². The molecular formula is C33H38IN7O. The molecule has 0 spiro atoms. The topological polar surface area (TPSA) is 79.9 Å². The van der Waals surface area contributed by atoms with Crippen LogP contribution in [0, 0.1) is 6.92 Å². The van der Waals surface area contributed by atoms with E-state index in [1.165, 1.54) is 11.8 Å². The first-order valence-corrected chi connectivity index (χ1v) is 16.0. The van der Waals surface area contributed by atoms with Crippen molar-refractivity contribution in [2.24, 2.45) is 3.15 Å². The molecule has 1 amide bonds. The molecule has 8 nitrogen and oxygen atoms in total. The van der Waals surface area contributed by atoms with E-state index in [9.17, 15) is 4.79 Å². The molecule has 0 unspecified atom stereocenters. The van der Waals surface area contributed by atoms with Gasteiger partial charge < -0.3 is 23.2 Å². The van der Waals surface area contributed by atoms with Gasteiger partial charge in [-0.3, -0.25) is 4.79 Å². The second kappa shape index (κ2) is 12.6. The van der Waals surface area contributed by atoms with Gasteiger partial charge in [0.15, 0.2) is 0 Å². The zero-order valence-electron chi connectivity index (χ0n) is 25.0. The molecule has 0 aliphatic carbocycles. The third kappa shape index (κ3) is 6.03. The number of carbonyl (C=O) groups is 1. The second-order valence-electron chi connectivity index (χ2n) is 10.6. The van der Waals surface area contributed by atoms with Crippen LogP contribution >= 0.6 is 21.3 Å². The van der Waals surface area contributed by atoms with Crippen LogP contribution < -0.4 is 5.32 Å². The Kier molecular flexibility index (Phi) is 8.88. The summed E-state index contributed by atoms with van der Waals surface area (Å²) in [5.41, 5.74) is 10.7. The van der Waals surface area contributed by atoms with E-state index in [4.69, 9.17) is 8.13 Å². The number of piperazine rings is 1. The van der Waals surface area contributed by atoms with Crippen LogP contribution in [0.5, 0.6) is 0 Å². The van der Waals surface area contributed by atoms with E-state index >= 15 is 0 Å². The maximum Gasteiger partial charge on any atom is 0.247 e. The monoisotopic (exact) mass is 675 g/mol. The van der Waals surface area contributed by atoms with Crippen molar-refractivity contribution in [1.82, 2.24) is 22.9 Å². The standard InChI is InChI=1S/C33H38IN7O/c1-8-24(13-11-22(4)41-16-14-39(6)15-17-41)32-30(25-12-10-21(3)28(19-25)36-29(42)9-2)27-18-26(20-35-33(27)37-32)31-23(5)40(7)34-38-31/h8-13,18-20H,2,4,14-17H2,1,3,5-7H3,(H,35,37)(H,36,42)/b13-11-,24-8+. The largest absolute Gasteiger partial charge is 0.369 e. The van der Waals surface area contributed by atoms with Crippen molar-refractivity contribution in [2.75, 3.05) is 45.6 Å². The quantitative estimate of drug-likeness (QED) is 0.115. The van der Waals surface area contributed by atoms with Crippen LogP contribution in [0.1, 0.15) is 30.7 Å². The number of aromatic nitrogens is 2. The van der Waals surface area contributed by atoms with E-state index in [0.717, 1.165) is 87.8 Å². The van der Waals surface area contributed by atoms with E-state index in [0.29, 0.717) is 0 Å². The Morgan fingerprint density at radius 1 is 1.10 bits per heavy atom. The summed E-state index contributed by atoms with van der Waals surface area (Å²) in [7, 11) is 4.25. The number of halogens is 1. The minimum Gasteiger partial charge on any atom is -0.369 e. The average Bonchev–Trinajstić information content (AvgIpc) is 3.53. The van der Waals surface area contributed by atoms with Gasteiger partial charge in [-0.15, -0.1) is 0 Å². The summed E-state index contributed by atoms with van der Waals surface area (Å²) >= 11 is -0.403. The lowest BCUT2D eigenvalue weighted by Crippen LogP contribution is -2.43. The molecular weight excluding hydrogens is 637 g/mol. The highest BCUT2D eigenvalue weighted by atomic mass is 127. The van der Waals surface area contributed by atoms with Crippen molar-refractivity contribution in [2.45, 2.75) is 20.8 Å². The number of allylic oxidation sites excluding steroid dienone is 5. The molecule has 4 heterocycles. The Bertz CT molecular complexity index is 1690. The van der Waals surface area contributed by atoms with Gasteiger partial charge in [0.25, 0.3) is 0 Å². The van der Waals surface area contributed by atoms with Crippen molar-refractivity contribution in [3.05, 3.63) is 96.1 Å². The van der Waals surface area contributed by atoms with E-state index in [-0.39, 0.29) is 5.91 Å². The van der Waals surface area contributed by atoms with Crippen molar-refractivity contribution in [3.63, 3.8) is 0 Å². The number of benzene rings is 1. The highest BCUT2D eigenvalue weighted by Crippen LogP contribution is 2.41. The second-order valence-corrected chi connectivity index (χ2v) is 13.0. The molecule has 2 aromatic heterocycles. The lowest BCUT2D eigenvalue weighted by molar-refractivity contribution is -0.111. The summed E-state index contributed by atoms with van der Waals surface area (Å²) in [6.07, 6.45) is 9.53. The number of aromatic amines is 1. The first-order valence-electron chi connectivity index (χ1n) is 14.0. The zero-order chi connectivity index (χ0) is 30.0. The number of fused-ring (bicyclic) bond motifs is 1. The normalized spacial score (nSPS) is 16.5. The van der Waals surface area contributed by atoms with Crippen LogP contribution in [0.15, 0.2) is 82.5 Å². The molecule has 0 bridgehead atoms. The third-order valence-electron chi connectivity index (χ3n) is 7.90. The van der Waals surface area contributed by atoms with Gasteiger partial charge in [-0.1, -0.05) is 37.4 Å². The number of hydrogen-bond donors (Lipinski definition) is 2. The number of hydrogen-bond acceptors (Lipinski definition) is 6. The number of pyridine rings is 1. The summed E-state index contributed by atoms with van der Waals surface area (Å²) in [6.45, 7) is 18.1. The number of carbonyl (C=O) groups excluding carboxylic acids is 1. The SMILES string of the molecule is C=CC(=O)Nc1cc(-c2c(C(/C=C\C(=C)N3CCN(C)CC3)=C/C)[nH]c3ncc(C4=C(C)N(C)I=N4)cc23)ccc1C. The van der Waals surface area contributed by atoms with Gasteiger partial charge in [-0.2, -0.15) is 0 Å². The van der Waals surface area contributed by atoms with Gasteiger partial charge in [0, 0.05) is 73.0 Å². The number of anilines is 1. The number of H-pyrrole nitrogens is 1. The van der Waals surface area contributed by atoms with Gasteiger partial charge in [0.1, 0.15) is 27.0 Å². The average molecular weight is 676 g/mol. The van der Waals surface area contributed by atoms with Crippen molar-refractivity contribution in [3.8, 4) is 11.1 Å². The van der Waals surface area contributed by atoms with Gasteiger partial charge in [-0.05, 0) is 68.8 Å². The minimum atomic E-state index is -0.403. The predicted molar refractivity (Wildman–Crippen MR) is 183 cm³/mol. The summed E-state index contributed by atoms with van der Waals surface area (Å²) in [4.78, 5) is 25.4. The molecule has 2 N–H and O–H groups in total. The molecule has 218 valence electrons. The Balaban J connectivity index is 1.63. The molecule has 9 heteroatoms. The fourth-order valence-electron chi connectivity index (χ4n) is 5.14. The molecule has 42 heavy (non-hydrogen) atoms. The predicted octanol–water partition coefficient (Wildman–Crippen LogP) is 7.09. The van der Waals surface area contributed by atoms with Crippen molar-refractivity contribution < 1.29 is 4.79 Å². The number of amides is 1. The lowest BCUT2D eigenvalue weighted by Gasteiger charge is -2.34. The zero-order valence-corrected chi connectivity index (χ0v) is 27.1. The van der Waals surface area contributed by atoms with Crippen LogP contribution in [-0.2, 0) is 4.79 Å². The number of aryl methyl sites for hydroxylation is 1. The van der Waals surface area contributed by atoms with E-state index in [1.807, 2.05) is 32.2 Å². The Morgan fingerprint density at radius 3 is 2.52 bits per heavy atom. The molecule has 2 aliphatic heterocycles. The van der Waals surface area contributed by atoms with Gasteiger partial charge in [0.05, 0.1) is 11.4 Å². The molecule has 0 radical (unpaired) electrons. The first-order chi connectivity index (χ1) is 20.2. The van der Waals surface area contributed by atoms with Crippen LogP contribution in [0.25, 0.3) is 33.4 Å². The van der Waals surface area contributed by atoms with Crippen molar-refractivity contribution >= 4 is 55.2 Å². The summed E-state index contributed by atoms with van der Waals surface area (Å²) < 4.78 is 7.11. The van der Waals surface area contributed by atoms with Gasteiger partial charge >= 0.3 is 0 Å². The molecule has 1 aromatic carbocycles. The number of likely N-dealkylation sites (N-methyl/N-ethyl adjacent to an activating group) is 1. The van der Waals surface area contributed by atoms with Gasteiger partial charge in [0.2, 0.25) is 5.91 Å². The highest BCUT2D eigenvalue weighted by molar-refractivity contribution is 14.1. The summed E-state index contributed by atoms with van der Waals surface area (Å²) in [5.74, 6) is -0.240. The molecule has 5 rings (SSSR count). The number of rotatable bonds is 8. The summed E-state index contributed by atoms with van der Waals surface area (Å²) in [6, 6.07) is 8.35. The van der Waals surface area contributed by atoms with Crippen LogP contribution in [0.3, 0.4) is 0 Å². The molecule has 2 aliphatic rings. The Morgan fingerprint density at radius 2 is 1.86 bits per heavy atom. The van der Waals surface area contributed by atoms with Crippen LogP contribution in [-0.4, -0.2) is 69.1 Å². The molecule has 3 aromatic rings. The Hall–Kier alpha value is -3.83. The van der Waals surface area contributed by atoms with Crippen LogP contribution in [0.4, 0.5) is 5.69 Å². The fraction of sp³-hybridized carbons (Fsp3) is 0.273. The van der Waals surface area contributed by atoms with E-state index in [1.54, 1.807) is 0 Å². The number of nitrogens with one attached hydrogen (secondary N) is 2. The molecule has 0 saturated carbocycles. The first kappa shape index (κ1) is 29.7. The molecule has 1 fully saturated rings. The highest BCUT2D eigenvalue weighted by Gasteiger charge is 2.21. The number of nitrogens with zero attached hydrogens (tertiary/aromatic N) is 5. The maximum atomic E-state index is 12.2. The molecule has 0 atom stereocenters. The van der Waals surface area contributed by atoms with Crippen molar-refractivity contribution in [1.29, 1.82) is 0 Å². The summed E-state index contributed by atoms with van der Waals surface area (Å²) in [5, 5.41) is 3.96. The van der Waals surface area contributed by atoms with Crippen LogP contribution in [0.2, 0.25) is 0 Å². The smallest absolute Gasteiger partial charge is 0.247 e. The van der Waals surface area contributed by atoms with E-state index < -0.39 is 21.3 Å². The third-order valence-corrected chi connectivity index (χ3v) is 9.97. The fourth-order valence-corrected chi connectivity index (χ4v) is 6.86. The molecule has 1 saturated heterocycles. The lowest BCUT2D eigenvalue weighted by atomic mass is 9.96. The maximum absolute atomic E-state index is 12.2.